The molecule has 5 heteroatoms. The van der Waals surface area contributed by atoms with E-state index in [1.807, 2.05) is 0 Å². The first-order valence-electron chi connectivity index (χ1n) is 6.68. The number of nitrogen functional groups attached to an aromatic ring is 1. The van der Waals surface area contributed by atoms with E-state index in [2.05, 4.69) is 9.97 Å². The van der Waals surface area contributed by atoms with Gasteiger partial charge in [0.15, 0.2) is 0 Å². The van der Waals surface area contributed by atoms with Gasteiger partial charge in [0.2, 0.25) is 0 Å². The molecule has 1 heterocycles. The van der Waals surface area contributed by atoms with Gasteiger partial charge >= 0.3 is 0 Å². The first-order chi connectivity index (χ1) is 9.22. The zero-order chi connectivity index (χ0) is 13.2. The van der Waals surface area contributed by atoms with E-state index in [0.717, 1.165) is 12.8 Å². The van der Waals surface area contributed by atoms with Crippen molar-refractivity contribution in [1.29, 1.82) is 0 Å². The minimum Gasteiger partial charge on any atom is -0.461 e. The third-order valence-electron chi connectivity index (χ3n) is 3.54. The number of nitrogens with zero attached hydrogens (tertiary/aromatic N) is 1. The van der Waals surface area contributed by atoms with Crippen LogP contribution in [0.1, 0.15) is 32.1 Å². The van der Waals surface area contributed by atoms with Crippen LogP contribution in [0.5, 0.6) is 6.01 Å². The second-order valence-electron chi connectivity index (χ2n) is 5.03. The maximum absolute atomic E-state index is 12.0. The van der Waals surface area contributed by atoms with E-state index < -0.39 is 0 Å². The van der Waals surface area contributed by atoms with E-state index in [9.17, 15) is 4.79 Å². The largest absolute Gasteiger partial charge is 0.461 e. The molecule has 1 fully saturated rings. The zero-order valence-electron chi connectivity index (χ0n) is 10.7. The number of hydrogen-bond acceptors (Lipinski definition) is 4. The van der Waals surface area contributed by atoms with Crippen LogP contribution in [0.4, 0.5) is 5.69 Å². The molecule has 1 saturated carbocycles. The lowest BCUT2D eigenvalue weighted by Crippen LogP contribution is -2.22. The highest BCUT2D eigenvalue weighted by molar-refractivity contribution is 5.81. The summed E-state index contributed by atoms with van der Waals surface area (Å²) in [5.41, 5.74) is 6.63. The molecule has 3 rings (SSSR count). The third kappa shape index (κ3) is 2.54. The van der Waals surface area contributed by atoms with Crippen LogP contribution in [0.2, 0.25) is 0 Å². The van der Waals surface area contributed by atoms with Crippen LogP contribution in [0.3, 0.4) is 0 Å². The Labute approximate surface area is 110 Å². The summed E-state index contributed by atoms with van der Waals surface area (Å²) in [6.45, 7) is 0. The van der Waals surface area contributed by atoms with Crippen LogP contribution in [0.15, 0.2) is 23.0 Å². The molecule has 0 bridgehead atoms. The van der Waals surface area contributed by atoms with Crippen LogP contribution in [-0.4, -0.2) is 16.1 Å². The molecule has 0 atom stereocenters. The Morgan fingerprint density at radius 2 is 2.05 bits per heavy atom. The highest BCUT2D eigenvalue weighted by Gasteiger charge is 2.16. The molecule has 1 aromatic carbocycles. The number of fused-ring (bicyclic) bond motifs is 1. The highest BCUT2D eigenvalue weighted by Crippen LogP contribution is 2.22. The Bertz CT molecular complexity index is 645. The van der Waals surface area contributed by atoms with Crippen molar-refractivity contribution in [1.82, 2.24) is 9.97 Å². The number of anilines is 1. The van der Waals surface area contributed by atoms with Crippen molar-refractivity contribution in [2.45, 2.75) is 38.2 Å². The van der Waals surface area contributed by atoms with Gasteiger partial charge in [0.1, 0.15) is 6.10 Å². The lowest BCUT2D eigenvalue weighted by Gasteiger charge is -2.21. The van der Waals surface area contributed by atoms with Crippen LogP contribution in [0.25, 0.3) is 10.9 Å². The SMILES string of the molecule is Nc1ccc2nc(OC3CCCCC3)[nH]c(=O)c2c1. The van der Waals surface area contributed by atoms with Gasteiger partial charge in [-0.15, -0.1) is 0 Å². The highest BCUT2D eigenvalue weighted by atomic mass is 16.5. The molecule has 1 aromatic heterocycles. The average molecular weight is 259 g/mol. The fourth-order valence-corrected chi connectivity index (χ4v) is 2.53. The van der Waals surface area contributed by atoms with Crippen LogP contribution in [0, 0.1) is 0 Å². The Kier molecular flexibility index (Phi) is 3.11. The molecule has 2 aromatic rings. The van der Waals surface area contributed by atoms with Gasteiger partial charge in [-0.2, -0.15) is 4.98 Å². The van der Waals surface area contributed by atoms with Crippen molar-refractivity contribution in [2.75, 3.05) is 5.73 Å². The molecule has 0 unspecified atom stereocenters. The van der Waals surface area contributed by atoms with Gasteiger partial charge in [0.05, 0.1) is 10.9 Å². The Morgan fingerprint density at radius 1 is 1.26 bits per heavy atom. The Hall–Kier alpha value is -2.04. The average Bonchev–Trinajstić information content (AvgIpc) is 2.41. The number of rotatable bonds is 2. The van der Waals surface area contributed by atoms with E-state index in [1.54, 1.807) is 18.2 Å². The summed E-state index contributed by atoms with van der Waals surface area (Å²) in [6, 6.07) is 5.42. The molecule has 19 heavy (non-hydrogen) atoms. The fraction of sp³-hybridized carbons (Fsp3) is 0.429. The Balaban J connectivity index is 1.92. The number of nitrogens with one attached hydrogen (secondary N) is 1. The maximum Gasteiger partial charge on any atom is 0.297 e. The number of ether oxygens (including phenoxy) is 1. The predicted molar refractivity (Wildman–Crippen MR) is 74.3 cm³/mol. The van der Waals surface area contributed by atoms with Gasteiger partial charge in [-0.1, -0.05) is 6.42 Å². The summed E-state index contributed by atoms with van der Waals surface area (Å²) in [5.74, 6) is 0. The Morgan fingerprint density at radius 3 is 2.84 bits per heavy atom. The number of aromatic nitrogens is 2. The van der Waals surface area contributed by atoms with Gasteiger partial charge in [0.25, 0.3) is 11.6 Å². The summed E-state index contributed by atoms with van der Waals surface area (Å²) >= 11 is 0. The lowest BCUT2D eigenvalue weighted by molar-refractivity contribution is 0.142. The minimum atomic E-state index is -0.205. The van der Waals surface area contributed by atoms with Crippen molar-refractivity contribution >= 4 is 16.6 Å². The van der Waals surface area contributed by atoms with Gasteiger partial charge in [-0.05, 0) is 43.9 Å². The fourth-order valence-electron chi connectivity index (χ4n) is 2.53. The van der Waals surface area contributed by atoms with Crippen molar-refractivity contribution < 1.29 is 4.74 Å². The van der Waals surface area contributed by atoms with E-state index in [-0.39, 0.29) is 11.7 Å². The third-order valence-corrected chi connectivity index (χ3v) is 3.54. The first kappa shape index (κ1) is 12.0. The standard InChI is InChI=1S/C14H17N3O2/c15-9-6-7-12-11(8-9)13(18)17-14(16-12)19-10-4-2-1-3-5-10/h6-8,10H,1-5,15H2,(H,16,17,18). The van der Waals surface area contributed by atoms with Crippen molar-refractivity contribution in [2.24, 2.45) is 0 Å². The molecular formula is C14H17N3O2. The van der Waals surface area contributed by atoms with Crippen LogP contribution >= 0.6 is 0 Å². The second-order valence-corrected chi connectivity index (χ2v) is 5.03. The maximum atomic E-state index is 12.0. The molecule has 1 aliphatic rings. The first-order valence-corrected chi connectivity index (χ1v) is 6.68. The van der Waals surface area contributed by atoms with E-state index in [1.165, 1.54) is 19.3 Å². The topological polar surface area (TPSA) is 81.0 Å². The summed E-state index contributed by atoms with van der Waals surface area (Å²) in [4.78, 5) is 19.0. The van der Waals surface area contributed by atoms with Gasteiger partial charge in [-0.25, -0.2) is 0 Å². The van der Waals surface area contributed by atoms with Gasteiger partial charge in [-0.3, -0.25) is 9.78 Å². The number of aromatic amines is 1. The summed E-state index contributed by atoms with van der Waals surface area (Å²) in [6.07, 6.45) is 5.86. The molecule has 3 N–H and O–H groups in total. The number of H-pyrrole nitrogens is 1. The van der Waals surface area contributed by atoms with Crippen LogP contribution in [-0.2, 0) is 0 Å². The monoisotopic (exact) mass is 259 g/mol. The molecule has 0 spiro atoms. The zero-order valence-corrected chi connectivity index (χ0v) is 10.7. The molecule has 0 radical (unpaired) electrons. The summed E-state index contributed by atoms with van der Waals surface area (Å²) < 4.78 is 5.78. The molecule has 5 nitrogen and oxygen atoms in total. The molecule has 0 amide bonds. The van der Waals surface area contributed by atoms with E-state index in [4.69, 9.17) is 10.5 Å². The quantitative estimate of drug-likeness (QED) is 0.810. The lowest BCUT2D eigenvalue weighted by atomic mass is 9.98. The van der Waals surface area contributed by atoms with Crippen molar-refractivity contribution in [3.8, 4) is 6.01 Å². The molecule has 0 saturated heterocycles. The number of nitrogens with two attached hydrogens (primary N) is 1. The number of hydrogen-bond donors (Lipinski definition) is 2. The molecule has 100 valence electrons. The summed E-state index contributed by atoms with van der Waals surface area (Å²) in [7, 11) is 0. The molecule has 1 aliphatic carbocycles. The minimum absolute atomic E-state index is 0.170. The second kappa shape index (κ2) is 4.91. The normalized spacial score (nSPS) is 16.6. The smallest absolute Gasteiger partial charge is 0.297 e. The van der Waals surface area contributed by atoms with E-state index >= 15 is 0 Å². The van der Waals surface area contributed by atoms with Crippen LogP contribution < -0.4 is 16.0 Å². The predicted octanol–water partition coefficient (Wildman–Crippen LogP) is 2.22. The van der Waals surface area contributed by atoms with Gasteiger partial charge < -0.3 is 10.5 Å². The molecule has 0 aliphatic heterocycles. The number of benzene rings is 1. The van der Waals surface area contributed by atoms with Gasteiger partial charge in [0, 0.05) is 5.69 Å². The molecular weight excluding hydrogens is 242 g/mol. The van der Waals surface area contributed by atoms with Crippen molar-refractivity contribution in [3.05, 3.63) is 28.6 Å². The summed E-state index contributed by atoms with van der Waals surface area (Å²) in [5, 5.41) is 0.496. The van der Waals surface area contributed by atoms with E-state index in [0.29, 0.717) is 22.6 Å². The van der Waals surface area contributed by atoms with Crippen molar-refractivity contribution in [3.63, 3.8) is 0 Å².